The van der Waals surface area contributed by atoms with Crippen LogP contribution >= 0.6 is 0 Å². The molecule has 56 heavy (non-hydrogen) atoms. The Morgan fingerprint density at radius 1 is 0.964 bits per heavy atom. The molecule has 2 aliphatic rings. The van der Waals surface area contributed by atoms with Crippen molar-refractivity contribution in [2.45, 2.75) is 83.9 Å². The van der Waals surface area contributed by atoms with Crippen LogP contribution in [-0.4, -0.2) is 49.4 Å². The first-order valence-electron chi connectivity index (χ1n) is 18.5. The lowest BCUT2D eigenvalue weighted by Gasteiger charge is -2.56. The van der Waals surface area contributed by atoms with Crippen LogP contribution in [0.5, 0.6) is 5.75 Å². The molecule has 13 heteroatoms. The number of imidazole rings is 1. The Labute approximate surface area is 322 Å². The lowest BCUT2D eigenvalue weighted by Crippen LogP contribution is -2.50. The Morgan fingerprint density at radius 2 is 1.66 bits per heavy atom. The number of hydrogen-bond donors (Lipinski definition) is 2. The highest BCUT2D eigenvalue weighted by atomic mass is 19.4. The van der Waals surface area contributed by atoms with E-state index in [1.54, 1.807) is 12.1 Å². The van der Waals surface area contributed by atoms with E-state index in [4.69, 9.17) is 19.6 Å². The number of aliphatic carboxylic acids is 2. The average molecular weight is 772 g/mol. The molecule has 294 valence electrons. The normalized spacial score (nSPS) is 20.4. The second-order valence-electron chi connectivity index (χ2n) is 15.6. The molecule has 0 radical (unpaired) electrons. The topological polar surface area (TPSA) is 145 Å². The van der Waals surface area contributed by atoms with E-state index in [1.807, 2.05) is 18.2 Å². The van der Waals surface area contributed by atoms with Crippen LogP contribution in [0.3, 0.4) is 0 Å². The molecule has 1 fully saturated rings. The van der Waals surface area contributed by atoms with Crippen molar-refractivity contribution < 1.29 is 42.6 Å². The van der Waals surface area contributed by atoms with Gasteiger partial charge in [-0.1, -0.05) is 88.7 Å². The zero-order valence-electron chi connectivity index (χ0n) is 31.6. The van der Waals surface area contributed by atoms with E-state index in [1.165, 1.54) is 22.8 Å². The molecule has 0 saturated heterocycles. The summed E-state index contributed by atoms with van der Waals surface area (Å²) in [5.74, 6) is -2.42. The number of halogens is 3. The maximum Gasteiger partial charge on any atom is 0.490 e. The molecular weight excluding hydrogens is 727 g/mol. The second-order valence-corrected chi connectivity index (χ2v) is 15.6. The molecule has 0 amide bonds. The van der Waals surface area contributed by atoms with Crippen molar-refractivity contribution in [3.8, 4) is 28.3 Å². The third-order valence-electron chi connectivity index (χ3n) is 11.6. The van der Waals surface area contributed by atoms with Gasteiger partial charge in [-0.2, -0.15) is 13.2 Å². The molecule has 1 aromatic heterocycles. The van der Waals surface area contributed by atoms with Gasteiger partial charge in [-0.25, -0.2) is 14.6 Å². The van der Waals surface area contributed by atoms with E-state index in [0.29, 0.717) is 23.2 Å². The number of fused-ring (bicyclic) bond motifs is 4. The molecule has 0 aliphatic heterocycles. The first-order chi connectivity index (χ1) is 26.4. The van der Waals surface area contributed by atoms with Crippen LogP contribution in [0.15, 0.2) is 84.9 Å². The van der Waals surface area contributed by atoms with E-state index >= 15 is 0 Å². The maximum absolute atomic E-state index is 11.9. The Hall–Kier alpha value is -5.72. The Bertz CT molecular complexity index is 2290. The summed E-state index contributed by atoms with van der Waals surface area (Å²) in [6.07, 6.45) is 0.468. The van der Waals surface area contributed by atoms with E-state index in [2.05, 4.69) is 80.8 Å². The quantitative estimate of drug-likeness (QED) is 0.111. The molecule has 10 nitrogen and oxygen atoms in total. The van der Waals surface area contributed by atoms with Crippen molar-refractivity contribution in [1.29, 1.82) is 0 Å². The fourth-order valence-electron chi connectivity index (χ4n) is 8.93. The van der Waals surface area contributed by atoms with Gasteiger partial charge in [0.2, 0.25) is 0 Å². The largest absolute Gasteiger partial charge is 0.490 e. The van der Waals surface area contributed by atoms with Crippen molar-refractivity contribution in [3.63, 3.8) is 0 Å². The minimum atomic E-state index is -5.08. The van der Waals surface area contributed by atoms with Crippen LogP contribution < -0.4 is 4.74 Å². The van der Waals surface area contributed by atoms with Gasteiger partial charge in [-0.05, 0) is 100 Å². The number of nitrogens with zero attached hydrogens (tertiary/aromatic N) is 3. The predicted octanol–water partition coefficient (Wildman–Crippen LogP) is 10.2. The number of aromatic nitrogens is 2. The average Bonchev–Trinajstić information content (AvgIpc) is 3.50. The lowest BCUT2D eigenvalue weighted by atomic mass is 9.49. The Balaban J connectivity index is 0.000000695. The van der Waals surface area contributed by atoms with Gasteiger partial charge in [0, 0.05) is 18.2 Å². The number of aryl methyl sites for hydroxylation is 1. The molecule has 2 N–H and O–H groups in total. The molecule has 2 aliphatic carbocycles. The summed E-state index contributed by atoms with van der Waals surface area (Å²) in [5.41, 5.74) is 8.73. The first kappa shape index (κ1) is 40.0. The first-order valence-corrected chi connectivity index (χ1v) is 18.5. The summed E-state index contributed by atoms with van der Waals surface area (Å²) in [5, 5.41) is 28.2. The van der Waals surface area contributed by atoms with Gasteiger partial charge in [0.1, 0.15) is 5.82 Å². The number of carboxylic acids is 2. The SMILES string of the molecule is CC(C)c1ccc2c(c1)CC[C@H]1[C@@](C)(Cn3c(-c4ccc([N+](=O)[O-])c(OCC(=O)O)c4)nc4cc(-c5ccccc5)ccc43)CCC[C@]21C.O=C(O)C(F)(F)F. The van der Waals surface area contributed by atoms with Gasteiger partial charge in [-0.3, -0.25) is 10.1 Å². The summed E-state index contributed by atoms with van der Waals surface area (Å²) >= 11 is 0. The zero-order chi connectivity index (χ0) is 40.6. The number of hydrogen-bond acceptors (Lipinski definition) is 6. The molecule has 3 atom stereocenters. The molecule has 0 unspecified atom stereocenters. The van der Waals surface area contributed by atoms with Gasteiger partial charge in [-0.15, -0.1) is 0 Å². The standard InChI is InChI=1S/C41H43N3O5.C2HF3O2/c1-26(2)28-11-15-32-30(21-28)14-18-37-40(3,19-8-20-41(32,37)4)25-43-34-16-12-29(27-9-6-5-7-10-27)22-33(34)42-39(43)31-13-17-35(44(47)48)36(23-31)49-24-38(45)46;3-2(4,5)1(6)7/h5-7,9-13,15-17,21-23,26,37H,8,14,18-20,24-25H2,1-4H3,(H,45,46);(H,6,7)/t37-,40+,41+;/m0./s1. The van der Waals surface area contributed by atoms with Crippen LogP contribution in [-0.2, 0) is 28.0 Å². The molecular formula is C43H44F3N3O7. The van der Waals surface area contributed by atoms with Crippen LogP contribution in [0.25, 0.3) is 33.5 Å². The van der Waals surface area contributed by atoms with Crippen LogP contribution in [0.4, 0.5) is 18.9 Å². The summed E-state index contributed by atoms with van der Waals surface area (Å²) in [7, 11) is 0. The summed E-state index contributed by atoms with van der Waals surface area (Å²) < 4.78 is 39.5. The summed E-state index contributed by atoms with van der Waals surface area (Å²) in [4.78, 5) is 36.7. The fraction of sp³-hybridized carbons (Fsp3) is 0.372. The molecule has 0 bridgehead atoms. The lowest BCUT2D eigenvalue weighted by molar-refractivity contribution is -0.385. The summed E-state index contributed by atoms with van der Waals surface area (Å²) in [6, 6.07) is 28.4. The minimum absolute atomic E-state index is 0.0503. The highest BCUT2D eigenvalue weighted by Crippen LogP contribution is 2.58. The fourth-order valence-corrected chi connectivity index (χ4v) is 8.93. The molecule has 1 saturated carbocycles. The Morgan fingerprint density at radius 3 is 2.30 bits per heavy atom. The van der Waals surface area contributed by atoms with Gasteiger partial charge >= 0.3 is 23.8 Å². The third kappa shape index (κ3) is 7.98. The number of nitro benzene ring substituents is 1. The van der Waals surface area contributed by atoms with Crippen LogP contribution in [0.2, 0.25) is 0 Å². The predicted molar refractivity (Wildman–Crippen MR) is 206 cm³/mol. The molecule has 5 aromatic rings. The monoisotopic (exact) mass is 771 g/mol. The molecule has 4 aromatic carbocycles. The maximum atomic E-state index is 11.9. The number of carboxylic acid groups (broad SMARTS) is 2. The number of benzene rings is 4. The van der Waals surface area contributed by atoms with Crippen LogP contribution in [0, 0.1) is 21.4 Å². The van der Waals surface area contributed by atoms with E-state index < -0.39 is 29.6 Å². The highest BCUT2D eigenvalue weighted by Gasteiger charge is 2.52. The molecule has 0 spiro atoms. The zero-order valence-corrected chi connectivity index (χ0v) is 31.6. The van der Waals surface area contributed by atoms with Crippen molar-refractivity contribution in [2.24, 2.45) is 11.3 Å². The van der Waals surface area contributed by atoms with Gasteiger partial charge in [0.05, 0.1) is 16.0 Å². The van der Waals surface area contributed by atoms with Crippen molar-refractivity contribution in [3.05, 3.63) is 112 Å². The number of alkyl halides is 3. The van der Waals surface area contributed by atoms with E-state index in [0.717, 1.165) is 60.8 Å². The molecule has 1 heterocycles. The van der Waals surface area contributed by atoms with Crippen molar-refractivity contribution in [2.75, 3.05) is 6.61 Å². The molecule has 7 rings (SSSR count). The van der Waals surface area contributed by atoms with Gasteiger partial charge < -0.3 is 19.5 Å². The smallest absolute Gasteiger partial charge is 0.479 e. The Kier molecular flexibility index (Phi) is 11.0. The van der Waals surface area contributed by atoms with Crippen molar-refractivity contribution >= 4 is 28.7 Å². The number of nitro groups is 1. The second kappa shape index (κ2) is 15.4. The number of rotatable bonds is 9. The van der Waals surface area contributed by atoms with E-state index in [-0.39, 0.29) is 22.3 Å². The number of ether oxygens (including phenoxy) is 1. The highest BCUT2D eigenvalue weighted by molar-refractivity contribution is 5.86. The van der Waals surface area contributed by atoms with Gasteiger partial charge in [0.15, 0.2) is 12.4 Å². The van der Waals surface area contributed by atoms with E-state index in [9.17, 15) is 33.2 Å². The number of carbonyl (C=O) groups is 2. The van der Waals surface area contributed by atoms with Crippen molar-refractivity contribution in [1.82, 2.24) is 9.55 Å². The summed E-state index contributed by atoms with van der Waals surface area (Å²) in [6.45, 7) is 9.48. The van der Waals surface area contributed by atoms with Gasteiger partial charge in [0.25, 0.3) is 0 Å². The minimum Gasteiger partial charge on any atom is -0.479 e. The third-order valence-corrected chi connectivity index (χ3v) is 11.6. The van der Waals surface area contributed by atoms with Crippen LogP contribution in [0.1, 0.15) is 76.0 Å².